The van der Waals surface area contributed by atoms with E-state index >= 15 is 0 Å². The van der Waals surface area contributed by atoms with E-state index in [-0.39, 0.29) is 13.2 Å². The number of hydrogen-bond acceptors (Lipinski definition) is 17. The lowest BCUT2D eigenvalue weighted by Gasteiger charge is -2.48. The van der Waals surface area contributed by atoms with Crippen molar-refractivity contribution in [2.75, 3.05) is 68.3 Å². The molecule has 3 aliphatic rings. The van der Waals surface area contributed by atoms with Gasteiger partial charge in [0.15, 0.2) is 18.9 Å². The van der Waals surface area contributed by atoms with Gasteiger partial charge in [0.25, 0.3) is 0 Å². The Morgan fingerprint density at radius 1 is 0.614 bits per heavy atom. The van der Waals surface area contributed by atoms with Crippen molar-refractivity contribution in [1.82, 2.24) is 0 Å². The van der Waals surface area contributed by atoms with Gasteiger partial charge in [-0.1, -0.05) is 0 Å². The van der Waals surface area contributed by atoms with E-state index in [1.165, 1.54) is 14.2 Å². The number of aliphatic hydroxyl groups is 9. The summed E-state index contributed by atoms with van der Waals surface area (Å²) >= 11 is 0. The van der Waals surface area contributed by atoms with E-state index in [0.717, 1.165) is 0 Å². The third kappa shape index (κ3) is 9.00. The molecular weight excluding hydrogens is 598 g/mol. The normalized spacial score (nSPS) is 44.5. The number of ether oxygens (including phenoxy) is 8. The van der Waals surface area contributed by atoms with E-state index in [9.17, 15) is 46.0 Å². The van der Waals surface area contributed by atoms with Gasteiger partial charge in [-0.05, 0) is 0 Å². The Labute approximate surface area is 255 Å². The molecule has 9 N–H and O–H groups in total. The molecule has 3 heterocycles. The molecule has 3 fully saturated rings. The van der Waals surface area contributed by atoms with Crippen LogP contribution in [0.25, 0.3) is 0 Å². The molecule has 0 aromatic heterocycles. The van der Waals surface area contributed by atoms with Gasteiger partial charge in [0, 0.05) is 14.2 Å². The Morgan fingerprint density at radius 2 is 1.05 bits per heavy atom. The summed E-state index contributed by atoms with van der Waals surface area (Å²) in [6.45, 7) is -1.43. The van der Waals surface area contributed by atoms with Crippen molar-refractivity contribution in [3.05, 3.63) is 0 Å². The second-order valence-corrected chi connectivity index (χ2v) is 12.2. The van der Waals surface area contributed by atoms with Crippen molar-refractivity contribution in [3.63, 3.8) is 0 Å². The molecule has 0 bridgehead atoms. The fourth-order valence-corrected chi connectivity index (χ4v) is 5.51. The smallest absolute Gasteiger partial charge is 0.187 e. The van der Waals surface area contributed by atoms with Gasteiger partial charge in [-0.25, -0.2) is 0 Å². The van der Waals surface area contributed by atoms with Gasteiger partial charge < -0.3 is 88.3 Å². The van der Waals surface area contributed by atoms with Crippen LogP contribution in [0, 0.1) is 0 Å². The van der Waals surface area contributed by atoms with Gasteiger partial charge in [-0.2, -0.15) is 0 Å². The zero-order valence-corrected chi connectivity index (χ0v) is 25.5. The SMILES string of the molecule is CO[C@H]1OC(CO)[C@H](O[C@H]2OC(COCC(O)C[N+](C)(C)C)[C@@H](O[C@H]3OC(CO)[C@@H](OC)[C@H](O)C3O)[C@H](O)C2O)[C@H](O)C1O. The average Bonchev–Trinajstić information content (AvgIpc) is 2.96. The second kappa shape index (κ2) is 16.4. The molecule has 260 valence electrons. The van der Waals surface area contributed by atoms with Crippen molar-refractivity contribution in [1.29, 1.82) is 0 Å². The third-order valence-electron chi connectivity index (χ3n) is 7.72. The van der Waals surface area contributed by atoms with Crippen LogP contribution in [0.15, 0.2) is 0 Å². The van der Waals surface area contributed by atoms with E-state index in [1.54, 1.807) is 0 Å². The monoisotopic (exact) mass is 648 g/mol. The fourth-order valence-electron chi connectivity index (χ4n) is 5.51. The first-order valence-corrected chi connectivity index (χ1v) is 14.4. The molecule has 16 atom stereocenters. The molecule has 0 amide bonds. The van der Waals surface area contributed by atoms with E-state index < -0.39 is 111 Å². The molecule has 0 aliphatic carbocycles. The minimum atomic E-state index is -1.87. The van der Waals surface area contributed by atoms with Crippen LogP contribution in [0.2, 0.25) is 0 Å². The lowest BCUT2D eigenvalue weighted by molar-refractivity contribution is -0.873. The summed E-state index contributed by atoms with van der Waals surface area (Å²) in [5.74, 6) is 0. The topological polar surface area (TPSA) is 256 Å². The van der Waals surface area contributed by atoms with Crippen molar-refractivity contribution < 1.29 is 88.3 Å². The van der Waals surface area contributed by atoms with Crippen LogP contribution in [0.3, 0.4) is 0 Å². The fraction of sp³-hybridized carbons (Fsp3) is 1.00. The Kier molecular flexibility index (Phi) is 14.1. The number of aliphatic hydroxyl groups excluding tert-OH is 9. The number of hydrogen-bond donors (Lipinski definition) is 9. The van der Waals surface area contributed by atoms with Crippen LogP contribution in [0.1, 0.15) is 0 Å². The predicted octanol–water partition coefficient (Wildman–Crippen LogP) is -6.17. The Hall–Kier alpha value is -0.720. The number of methoxy groups -OCH3 is 2. The molecule has 0 aromatic rings. The Bertz CT molecular complexity index is 848. The van der Waals surface area contributed by atoms with Crippen LogP contribution in [0.4, 0.5) is 0 Å². The number of likely N-dealkylation sites (N-methyl/N-ethyl adjacent to an activating group) is 1. The van der Waals surface area contributed by atoms with Crippen molar-refractivity contribution in [2.24, 2.45) is 0 Å². The molecule has 0 spiro atoms. The number of quaternary nitrogens is 1. The molecule has 44 heavy (non-hydrogen) atoms. The Morgan fingerprint density at radius 3 is 1.52 bits per heavy atom. The van der Waals surface area contributed by atoms with Gasteiger partial charge >= 0.3 is 0 Å². The number of nitrogens with zero attached hydrogens (tertiary/aromatic N) is 1. The first-order chi connectivity index (χ1) is 20.7. The molecule has 3 saturated heterocycles. The summed E-state index contributed by atoms with van der Waals surface area (Å²) in [6, 6.07) is 0. The lowest BCUT2D eigenvalue weighted by Crippen LogP contribution is -2.66. The van der Waals surface area contributed by atoms with Crippen LogP contribution >= 0.6 is 0 Å². The highest BCUT2D eigenvalue weighted by atomic mass is 16.8. The maximum absolute atomic E-state index is 11.2. The standard InChI is InChI=1S/C26H50NO17/c1-27(2,3)6-11(30)9-39-10-14-23(44-25-19(35)15(31)21(37-4)12(7-28)41-25)17(33)20(36)26(42-14)43-22-13(8-29)40-24(38-5)18(34)16(22)32/h11-26,28-36H,6-10H2,1-5H3/q+1/t11?,12?,13?,14?,15-,16-,17-,18?,19?,20?,21-,22+,23-,24+,25-,26-/m1/s1. The zero-order valence-electron chi connectivity index (χ0n) is 25.5. The summed E-state index contributed by atoms with van der Waals surface area (Å²) in [6.07, 6.45) is -23.3. The zero-order chi connectivity index (χ0) is 32.9. The highest BCUT2D eigenvalue weighted by Crippen LogP contribution is 2.33. The van der Waals surface area contributed by atoms with E-state index in [0.29, 0.717) is 11.0 Å². The molecular formula is C26H50NO17+. The molecule has 3 aliphatic heterocycles. The van der Waals surface area contributed by atoms with Crippen LogP contribution in [0.5, 0.6) is 0 Å². The predicted molar refractivity (Wildman–Crippen MR) is 143 cm³/mol. The average molecular weight is 649 g/mol. The molecule has 0 saturated carbocycles. The van der Waals surface area contributed by atoms with Gasteiger partial charge in [0.2, 0.25) is 0 Å². The van der Waals surface area contributed by atoms with E-state index in [1.807, 2.05) is 21.1 Å². The summed E-state index contributed by atoms with van der Waals surface area (Å²) in [4.78, 5) is 0. The van der Waals surface area contributed by atoms with Gasteiger partial charge in [0.05, 0.1) is 47.6 Å². The molecule has 0 aromatic carbocycles. The minimum absolute atomic E-state index is 0.151. The highest BCUT2D eigenvalue weighted by Gasteiger charge is 2.53. The summed E-state index contributed by atoms with van der Waals surface area (Å²) < 4.78 is 44.7. The van der Waals surface area contributed by atoms with E-state index in [2.05, 4.69) is 0 Å². The minimum Gasteiger partial charge on any atom is -0.394 e. The van der Waals surface area contributed by atoms with Crippen LogP contribution in [-0.4, -0.2) is 217 Å². The first kappa shape index (κ1) is 37.7. The maximum Gasteiger partial charge on any atom is 0.187 e. The molecule has 18 heteroatoms. The summed E-state index contributed by atoms with van der Waals surface area (Å²) in [5, 5.41) is 94.3. The van der Waals surface area contributed by atoms with Crippen LogP contribution in [-0.2, 0) is 37.9 Å². The molecule has 3 rings (SSSR count). The molecule has 18 nitrogen and oxygen atoms in total. The largest absolute Gasteiger partial charge is 0.394 e. The molecule has 0 radical (unpaired) electrons. The van der Waals surface area contributed by atoms with Crippen molar-refractivity contribution in [2.45, 2.75) is 98.2 Å². The van der Waals surface area contributed by atoms with E-state index in [4.69, 9.17) is 37.9 Å². The highest BCUT2D eigenvalue weighted by molar-refractivity contribution is 4.96. The summed E-state index contributed by atoms with van der Waals surface area (Å²) in [5.41, 5.74) is 0. The van der Waals surface area contributed by atoms with Crippen molar-refractivity contribution >= 4 is 0 Å². The third-order valence-corrected chi connectivity index (χ3v) is 7.72. The lowest BCUT2D eigenvalue weighted by atomic mass is 9.96. The van der Waals surface area contributed by atoms with Gasteiger partial charge in [-0.3, -0.25) is 0 Å². The van der Waals surface area contributed by atoms with Crippen molar-refractivity contribution in [3.8, 4) is 0 Å². The van der Waals surface area contributed by atoms with Gasteiger partial charge in [-0.15, -0.1) is 0 Å². The second-order valence-electron chi connectivity index (χ2n) is 12.2. The maximum atomic E-state index is 11.2. The quantitative estimate of drug-likeness (QED) is 0.0794. The van der Waals surface area contributed by atoms with Gasteiger partial charge in [0.1, 0.15) is 85.9 Å². The first-order valence-electron chi connectivity index (χ1n) is 14.4. The number of rotatable bonds is 14. The summed E-state index contributed by atoms with van der Waals surface area (Å²) in [7, 11) is 8.12. The molecule has 7 unspecified atom stereocenters. The Balaban J connectivity index is 1.80. The van der Waals surface area contributed by atoms with Crippen LogP contribution < -0.4 is 0 Å².